The fourth-order valence-corrected chi connectivity index (χ4v) is 2.55. The molecule has 0 aliphatic carbocycles. The van der Waals surface area contributed by atoms with Crippen LogP contribution in [0.25, 0.3) is 5.69 Å². The molecule has 0 amide bonds. The van der Waals surface area contributed by atoms with E-state index in [2.05, 4.69) is 9.55 Å². The van der Waals surface area contributed by atoms with E-state index in [0.717, 1.165) is 28.5 Å². The van der Waals surface area contributed by atoms with Gasteiger partial charge in [-0.05, 0) is 45.9 Å². The van der Waals surface area contributed by atoms with Crippen molar-refractivity contribution >= 4 is 17.4 Å². The van der Waals surface area contributed by atoms with Crippen molar-refractivity contribution in [2.75, 3.05) is 5.88 Å². The highest BCUT2D eigenvalue weighted by Gasteiger charge is 2.17. The lowest BCUT2D eigenvalue weighted by Crippen LogP contribution is -2.06. The van der Waals surface area contributed by atoms with Gasteiger partial charge in [0.05, 0.1) is 17.3 Å². The molecule has 0 N–H and O–H groups in total. The Morgan fingerprint density at radius 3 is 2.53 bits per heavy atom. The molecule has 2 rings (SSSR count). The van der Waals surface area contributed by atoms with Crippen LogP contribution < -0.4 is 0 Å². The van der Waals surface area contributed by atoms with Crippen LogP contribution in [0.2, 0.25) is 0 Å². The molecule has 19 heavy (non-hydrogen) atoms. The highest BCUT2D eigenvalue weighted by Crippen LogP contribution is 2.23. The Balaban J connectivity index is 2.63. The predicted octanol–water partition coefficient (Wildman–Crippen LogP) is 3.53. The van der Waals surface area contributed by atoms with Crippen LogP contribution in [0.4, 0.5) is 0 Å². The average Bonchev–Trinajstić information content (AvgIpc) is 2.65. The second-order valence-electron chi connectivity index (χ2n) is 4.73. The van der Waals surface area contributed by atoms with E-state index in [0.29, 0.717) is 5.56 Å². The van der Waals surface area contributed by atoms with Crippen molar-refractivity contribution in [3.8, 4) is 5.69 Å². The Morgan fingerprint density at radius 1 is 1.26 bits per heavy atom. The Kier molecular flexibility index (Phi) is 3.76. The molecule has 3 nitrogen and oxygen atoms in total. The highest BCUT2D eigenvalue weighted by molar-refractivity contribution is 6.30. The normalized spacial score (nSPS) is 10.8. The zero-order valence-corrected chi connectivity index (χ0v) is 12.4. The van der Waals surface area contributed by atoms with Crippen LogP contribution >= 0.6 is 11.6 Å². The van der Waals surface area contributed by atoms with Gasteiger partial charge in [-0.3, -0.25) is 9.78 Å². The van der Waals surface area contributed by atoms with Crippen molar-refractivity contribution in [3.05, 3.63) is 46.5 Å². The first-order chi connectivity index (χ1) is 8.95. The van der Waals surface area contributed by atoms with Crippen LogP contribution in [0.15, 0.2) is 18.2 Å². The molecule has 0 spiro atoms. The summed E-state index contributed by atoms with van der Waals surface area (Å²) in [5, 5.41) is 0. The molecule has 0 fully saturated rings. The smallest absolute Gasteiger partial charge is 0.179 e. The largest absolute Gasteiger partial charge is 0.316 e. The molecule has 0 aliphatic rings. The number of ketones is 1. The number of Topliss-reactive ketones (excluding diaryl/α,β-unsaturated/α-hetero) is 1. The summed E-state index contributed by atoms with van der Waals surface area (Å²) < 4.78 is 2.06. The zero-order chi connectivity index (χ0) is 14.2. The van der Waals surface area contributed by atoms with Crippen molar-refractivity contribution in [2.24, 2.45) is 0 Å². The van der Waals surface area contributed by atoms with Crippen LogP contribution in [0.1, 0.15) is 33.1 Å². The van der Waals surface area contributed by atoms with Gasteiger partial charge < -0.3 is 4.57 Å². The Morgan fingerprint density at radius 2 is 1.95 bits per heavy atom. The number of carbonyl (C=O) groups excluding carboxylic acids is 1. The first-order valence-corrected chi connectivity index (χ1v) is 6.72. The Labute approximate surface area is 118 Å². The maximum Gasteiger partial charge on any atom is 0.179 e. The van der Waals surface area contributed by atoms with Gasteiger partial charge in [-0.1, -0.05) is 0 Å². The molecule has 100 valence electrons. The summed E-state index contributed by atoms with van der Waals surface area (Å²) in [6.07, 6.45) is 0. The van der Waals surface area contributed by atoms with Crippen LogP contribution in [0, 0.1) is 27.7 Å². The van der Waals surface area contributed by atoms with E-state index in [4.69, 9.17) is 11.6 Å². The van der Waals surface area contributed by atoms with E-state index in [1.165, 1.54) is 0 Å². The summed E-state index contributed by atoms with van der Waals surface area (Å²) in [7, 11) is 0. The number of halogens is 1. The molecule has 0 aliphatic heterocycles. The van der Waals surface area contributed by atoms with Crippen LogP contribution in [-0.2, 0) is 0 Å². The number of alkyl halides is 1. The topological polar surface area (TPSA) is 34.9 Å². The van der Waals surface area contributed by atoms with Crippen LogP contribution in [0.5, 0.6) is 0 Å². The molecule has 4 heteroatoms. The zero-order valence-electron chi connectivity index (χ0n) is 11.6. The summed E-state index contributed by atoms with van der Waals surface area (Å²) in [5.41, 5.74) is 5.56. The summed E-state index contributed by atoms with van der Waals surface area (Å²) in [6, 6.07) is 5.90. The third-order valence-electron chi connectivity index (χ3n) is 3.29. The number of hydrogen-bond donors (Lipinski definition) is 0. The maximum absolute atomic E-state index is 11.8. The van der Waals surface area contributed by atoms with Gasteiger partial charge in [0.25, 0.3) is 0 Å². The van der Waals surface area contributed by atoms with Gasteiger partial charge in [-0.25, -0.2) is 0 Å². The highest BCUT2D eigenvalue weighted by atomic mass is 35.5. The molecule has 0 bridgehead atoms. The number of aryl methyl sites for hydroxylation is 3. The molecule has 0 atom stereocenters. The summed E-state index contributed by atoms with van der Waals surface area (Å²) in [5.74, 6) is -0.0335. The molecule has 0 radical (unpaired) electrons. The fourth-order valence-electron chi connectivity index (χ4n) is 2.40. The molecule has 2 heterocycles. The third-order valence-corrected chi connectivity index (χ3v) is 3.53. The average molecular weight is 277 g/mol. The Hall–Kier alpha value is -1.61. The molecule has 2 aromatic rings. The number of nitrogens with zero attached hydrogens (tertiary/aromatic N) is 2. The third kappa shape index (κ3) is 2.43. The number of aromatic nitrogens is 2. The molecular formula is C15H17ClN2O. The number of pyridine rings is 1. The monoisotopic (exact) mass is 276 g/mol. The fraction of sp³-hybridized carbons (Fsp3) is 0.333. The van der Waals surface area contributed by atoms with Crippen molar-refractivity contribution in [1.82, 2.24) is 9.55 Å². The van der Waals surface area contributed by atoms with Crippen LogP contribution in [0.3, 0.4) is 0 Å². The van der Waals surface area contributed by atoms with Gasteiger partial charge in [0.2, 0.25) is 0 Å². The number of carbonyl (C=O) groups is 1. The first-order valence-electron chi connectivity index (χ1n) is 6.18. The number of hydrogen-bond acceptors (Lipinski definition) is 2. The minimum atomic E-state index is -0.0428. The van der Waals surface area contributed by atoms with E-state index in [-0.39, 0.29) is 11.7 Å². The van der Waals surface area contributed by atoms with Crippen molar-refractivity contribution in [2.45, 2.75) is 27.7 Å². The molecular weight excluding hydrogens is 260 g/mol. The van der Waals surface area contributed by atoms with Crippen molar-refractivity contribution < 1.29 is 4.79 Å². The van der Waals surface area contributed by atoms with E-state index in [1.807, 2.05) is 45.9 Å². The summed E-state index contributed by atoms with van der Waals surface area (Å²) >= 11 is 5.65. The second-order valence-corrected chi connectivity index (χ2v) is 5.00. The molecule has 0 aromatic carbocycles. The van der Waals surface area contributed by atoms with E-state index < -0.39 is 0 Å². The number of rotatable bonds is 3. The Bertz CT molecular complexity index is 644. The van der Waals surface area contributed by atoms with E-state index >= 15 is 0 Å². The van der Waals surface area contributed by atoms with Crippen molar-refractivity contribution in [3.63, 3.8) is 0 Å². The lowest BCUT2D eigenvalue weighted by atomic mass is 10.2. The molecule has 2 aromatic heterocycles. The van der Waals surface area contributed by atoms with E-state index in [1.54, 1.807) is 0 Å². The van der Waals surface area contributed by atoms with Gasteiger partial charge in [-0.2, -0.15) is 0 Å². The predicted molar refractivity (Wildman–Crippen MR) is 77.6 cm³/mol. The lowest BCUT2D eigenvalue weighted by Gasteiger charge is -2.12. The molecule has 0 unspecified atom stereocenters. The minimum absolute atomic E-state index is 0.00935. The second kappa shape index (κ2) is 5.17. The molecule has 0 saturated carbocycles. The SMILES string of the molecule is Cc1ccc(-n2c(C)cc(C(=O)CCl)c2C)c(C)n1. The van der Waals surface area contributed by atoms with E-state index in [9.17, 15) is 4.79 Å². The van der Waals surface area contributed by atoms with Crippen molar-refractivity contribution in [1.29, 1.82) is 0 Å². The van der Waals surface area contributed by atoms with Gasteiger partial charge in [0.1, 0.15) is 0 Å². The van der Waals surface area contributed by atoms with Gasteiger partial charge in [-0.15, -0.1) is 11.6 Å². The first kappa shape index (κ1) is 13.8. The quantitative estimate of drug-likeness (QED) is 0.635. The minimum Gasteiger partial charge on any atom is -0.316 e. The summed E-state index contributed by atoms with van der Waals surface area (Å²) in [4.78, 5) is 16.3. The van der Waals surface area contributed by atoms with Gasteiger partial charge in [0, 0.05) is 22.6 Å². The standard InChI is InChI=1S/C15H17ClN2O/c1-9-5-6-14(11(3)17-9)18-10(2)7-13(12(18)4)15(19)8-16/h5-7H,8H2,1-4H3. The van der Waals surface area contributed by atoms with Crippen LogP contribution in [-0.4, -0.2) is 21.2 Å². The van der Waals surface area contributed by atoms with Gasteiger partial charge in [0.15, 0.2) is 5.78 Å². The summed E-state index contributed by atoms with van der Waals surface area (Å²) in [6.45, 7) is 7.86. The lowest BCUT2D eigenvalue weighted by molar-refractivity contribution is 0.102. The maximum atomic E-state index is 11.8. The van der Waals surface area contributed by atoms with Gasteiger partial charge >= 0.3 is 0 Å². The molecule has 0 saturated heterocycles.